The molecule has 1 fully saturated rings. The lowest BCUT2D eigenvalue weighted by Gasteiger charge is -2.34. The van der Waals surface area contributed by atoms with Gasteiger partial charge in [0, 0.05) is 23.4 Å². The van der Waals surface area contributed by atoms with Crippen LogP contribution in [0.25, 0.3) is 0 Å². The Labute approximate surface area is 186 Å². The summed E-state index contributed by atoms with van der Waals surface area (Å²) in [5.41, 5.74) is 0.340. The topological polar surface area (TPSA) is 111 Å². The van der Waals surface area contributed by atoms with E-state index in [1.165, 1.54) is 59.4 Å². The maximum atomic E-state index is 13.9. The lowest BCUT2D eigenvalue weighted by atomic mass is 10.1. The first kappa shape index (κ1) is 22.6. The second-order valence-corrected chi connectivity index (χ2v) is 9.32. The van der Waals surface area contributed by atoms with E-state index >= 15 is 0 Å². The number of halogens is 1. The normalized spacial score (nSPS) is 17.7. The van der Waals surface area contributed by atoms with Gasteiger partial charge in [-0.25, -0.2) is 14.2 Å². The van der Waals surface area contributed by atoms with Crippen molar-refractivity contribution in [2.45, 2.75) is 24.8 Å². The van der Waals surface area contributed by atoms with E-state index in [4.69, 9.17) is 12.2 Å². The van der Waals surface area contributed by atoms with E-state index in [2.05, 4.69) is 10.4 Å². The van der Waals surface area contributed by atoms with Crippen LogP contribution in [-0.2, 0) is 0 Å². The fourth-order valence-electron chi connectivity index (χ4n) is 2.89. The molecule has 162 valence electrons. The van der Waals surface area contributed by atoms with Crippen LogP contribution in [0.4, 0.5) is 20.6 Å². The number of hydrazone groups is 1. The second kappa shape index (κ2) is 8.96. The number of carbonyl (C=O) groups is 1. The third-order valence-corrected chi connectivity index (χ3v) is 5.92. The lowest BCUT2D eigenvalue weighted by molar-refractivity contribution is -0.384. The number of carbonyl (C=O) groups excluding carboxylic acids is 1. The number of benzene rings is 2. The first-order valence-electron chi connectivity index (χ1n) is 8.94. The third kappa shape index (κ3) is 4.98. The van der Waals surface area contributed by atoms with Crippen molar-refractivity contribution in [2.24, 2.45) is 5.10 Å². The van der Waals surface area contributed by atoms with Gasteiger partial charge in [-0.3, -0.25) is 15.3 Å². The number of thioether (sulfide) groups is 1. The van der Waals surface area contributed by atoms with Gasteiger partial charge >= 0.3 is 6.03 Å². The number of anilines is 1. The van der Waals surface area contributed by atoms with Gasteiger partial charge in [-0.05, 0) is 32.0 Å². The van der Waals surface area contributed by atoms with E-state index < -0.39 is 27.7 Å². The van der Waals surface area contributed by atoms with E-state index in [0.29, 0.717) is 9.38 Å². The number of nitrogens with one attached hydrogen (secondary N) is 1. The molecule has 2 aromatic carbocycles. The summed E-state index contributed by atoms with van der Waals surface area (Å²) in [6.45, 7) is 3.55. The predicted octanol–water partition coefficient (Wildman–Crippen LogP) is 4.43. The maximum absolute atomic E-state index is 13.9. The van der Waals surface area contributed by atoms with Crippen LogP contribution in [0, 0.1) is 15.9 Å². The summed E-state index contributed by atoms with van der Waals surface area (Å²) in [4.78, 5) is 22.8. The van der Waals surface area contributed by atoms with E-state index in [9.17, 15) is 24.5 Å². The number of thiocarbonyl (C=S) groups is 1. The van der Waals surface area contributed by atoms with Crippen LogP contribution in [-0.4, -0.2) is 47.7 Å². The summed E-state index contributed by atoms with van der Waals surface area (Å²) in [7, 11) is 0. The van der Waals surface area contributed by atoms with E-state index in [0.717, 1.165) is 0 Å². The molecule has 2 amide bonds. The van der Waals surface area contributed by atoms with Crippen molar-refractivity contribution in [1.82, 2.24) is 10.1 Å². The molecule has 1 heterocycles. The van der Waals surface area contributed by atoms with Crippen LogP contribution >= 0.6 is 24.0 Å². The highest BCUT2D eigenvalue weighted by Crippen LogP contribution is 2.42. The van der Waals surface area contributed by atoms with Gasteiger partial charge in [-0.15, -0.1) is 0 Å². The van der Waals surface area contributed by atoms with Gasteiger partial charge in [0.15, 0.2) is 10.5 Å². The summed E-state index contributed by atoms with van der Waals surface area (Å²) in [5, 5.41) is 29.8. The number of urea groups is 1. The molecule has 1 aliphatic heterocycles. The van der Waals surface area contributed by atoms with Crippen molar-refractivity contribution >= 4 is 51.9 Å². The molecule has 2 N–H and O–H groups in total. The second-order valence-electron chi connectivity index (χ2n) is 7.03. The SMILES string of the molecule is CC1(C)SC(=S)N(N=Cc2ccccc2F)C1N(O)C(=O)Nc1ccc([N+](=O)[O-])cc1. The number of hydrogen-bond acceptors (Lipinski definition) is 7. The average Bonchev–Trinajstić information content (AvgIpc) is 2.94. The molecule has 3 rings (SSSR count). The van der Waals surface area contributed by atoms with Crippen molar-refractivity contribution < 1.29 is 19.3 Å². The Morgan fingerprint density at radius 1 is 1.35 bits per heavy atom. The molecule has 31 heavy (non-hydrogen) atoms. The number of rotatable bonds is 5. The zero-order valence-electron chi connectivity index (χ0n) is 16.4. The predicted molar refractivity (Wildman–Crippen MR) is 120 cm³/mol. The number of nitro groups is 1. The van der Waals surface area contributed by atoms with E-state index in [1.807, 2.05) is 0 Å². The monoisotopic (exact) mass is 463 g/mol. The third-order valence-electron chi connectivity index (χ3n) is 4.39. The van der Waals surface area contributed by atoms with Crippen molar-refractivity contribution in [3.05, 3.63) is 70.0 Å². The van der Waals surface area contributed by atoms with Gasteiger partial charge in [0.1, 0.15) is 5.82 Å². The molecule has 9 nitrogen and oxygen atoms in total. The molecule has 1 unspecified atom stereocenters. The van der Waals surface area contributed by atoms with Gasteiger partial charge in [0.05, 0.1) is 15.9 Å². The molecule has 0 aromatic heterocycles. The van der Waals surface area contributed by atoms with E-state index in [-0.39, 0.29) is 16.9 Å². The number of nitro benzene ring substituents is 1. The summed E-state index contributed by atoms with van der Waals surface area (Å²) in [6, 6.07) is 10.3. The average molecular weight is 464 g/mol. The molecule has 12 heteroatoms. The standard InChI is InChI=1S/C19H18FN5O4S2/c1-19(2)16(23(18(30)31-19)21-11-12-5-3-4-6-15(12)20)24(27)17(26)22-13-7-9-14(10-8-13)25(28)29/h3-11,16,27H,1-2H3,(H,22,26). The fraction of sp³-hybridized carbons (Fsp3) is 0.211. The zero-order chi connectivity index (χ0) is 22.8. The molecule has 1 atom stereocenters. The van der Waals surface area contributed by atoms with Crippen LogP contribution in [0.5, 0.6) is 0 Å². The number of nitrogens with zero attached hydrogens (tertiary/aromatic N) is 4. The number of amides is 2. The molecule has 1 saturated heterocycles. The summed E-state index contributed by atoms with van der Waals surface area (Å²) in [6.07, 6.45) is 0.268. The Kier molecular flexibility index (Phi) is 6.53. The zero-order valence-corrected chi connectivity index (χ0v) is 18.1. The first-order valence-corrected chi connectivity index (χ1v) is 10.2. The van der Waals surface area contributed by atoms with Crippen LogP contribution in [0.15, 0.2) is 53.6 Å². The van der Waals surface area contributed by atoms with E-state index in [1.54, 1.807) is 26.0 Å². The summed E-state index contributed by atoms with van der Waals surface area (Å²) < 4.78 is 13.5. The Balaban J connectivity index is 1.80. The van der Waals surface area contributed by atoms with Crippen LogP contribution in [0.2, 0.25) is 0 Å². The number of hydrogen-bond donors (Lipinski definition) is 2. The summed E-state index contributed by atoms with van der Waals surface area (Å²) >= 11 is 6.57. The summed E-state index contributed by atoms with van der Waals surface area (Å²) in [5.74, 6) is -0.475. The molecular formula is C19H18FN5O4S2. The maximum Gasteiger partial charge on any atom is 0.347 e. The molecule has 0 aliphatic carbocycles. The lowest BCUT2D eigenvalue weighted by Crippen LogP contribution is -2.54. The van der Waals surface area contributed by atoms with Crippen LogP contribution in [0.3, 0.4) is 0 Å². The largest absolute Gasteiger partial charge is 0.347 e. The van der Waals surface area contributed by atoms with Gasteiger partial charge in [0.2, 0.25) is 0 Å². The number of non-ortho nitro benzene ring substituents is 1. The van der Waals surface area contributed by atoms with Gasteiger partial charge < -0.3 is 5.32 Å². The highest BCUT2D eigenvalue weighted by Gasteiger charge is 2.50. The molecule has 0 spiro atoms. The molecule has 2 aromatic rings. The molecule has 1 aliphatic rings. The van der Waals surface area contributed by atoms with Gasteiger partial charge in [0.25, 0.3) is 5.69 Å². The minimum Gasteiger partial charge on any atom is -0.306 e. The van der Waals surface area contributed by atoms with Crippen LogP contribution in [0.1, 0.15) is 19.4 Å². The molecular weight excluding hydrogens is 445 g/mol. The Bertz CT molecular complexity index is 1050. The smallest absolute Gasteiger partial charge is 0.306 e. The van der Waals surface area contributed by atoms with Crippen molar-refractivity contribution in [3.63, 3.8) is 0 Å². The number of hydroxylamine groups is 2. The molecule has 0 radical (unpaired) electrons. The van der Waals surface area contributed by atoms with Crippen molar-refractivity contribution in [2.75, 3.05) is 5.32 Å². The highest BCUT2D eigenvalue weighted by atomic mass is 32.2. The molecule has 0 bridgehead atoms. The Morgan fingerprint density at radius 2 is 2.00 bits per heavy atom. The quantitative estimate of drug-likeness (QED) is 0.222. The minimum atomic E-state index is -0.994. The Hall–Kier alpha value is -3.09. The first-order chi connectivity index (χ1) is 14.6. The van der Waals surface area contributed by atoms with Gasteiger partial charge in [-0.2, -0.15) is 10.2 Å². The molecule has 0 saturated carbocycles. The van der Waals surface area contributed by atoms with Gasteiger partial charge in [-0.1, -0.05) is 42.2 Å². The van der Waals surface area contributed by atoms with Crippen molar-refractivity contribution in [3.8, 4) is 0 Å². The van der Waals surface area contributed by atoms with Crippen molar-refractivity contribution in [1.29, 1.82) is 0 Å². The van der Waals surface area contributed by atoms with Crippen LogP contribution < -0.4 is 5.32 Å². The minimum absolute atomic E-state index is 0.133. The fourth-order valence-corrected chi connectivity index (χ4v) is 4.68. The highest BCUT2D eigenvalue weighted by molar-refractivity contribution is 8.24. The Morgan fingerprint density at radius 3 is 2.61 bits per heavy atom.